The lowest BCUT2D eigenvalue weighted by atomic mass is 10.3. The monoisotopic (exact) mass is 267 g/mol. The van der Waals surface area contributed by atoms with Crippen molar-refractivity contribution in [1.29, 1.82) is 0 Å². The smallest absolute Gasteiger partial charge is 0.199 e. The summed E-state index contributed by atoms with van der Waals surface area (Å²) in [7, 11) is 1.55. The van der Waals surface area contributed by atoms with Gasteiger partial charge < -0.3 is 14.1 Å². The van der Waals surface area contributed by atoms with E-state index in [1.54, 1.807) is 13.4 Å². The minimum atomic E-state index is 0.306. The fourth-order valence-corrected chi connectivity index (χ4v) is 1.88. The van der Waals surface area contributed by atoms with Crippen LogP contribution in [0.4, 0.5) is 5.82 Å². The molecule has 0 aromatic carbocycles. The molecule has 0 spiro atoms. The van der Waals surface area contributed by atoms with E-state index in [-0.39, 0.29) is 0 Å². The van der Waals surface area contributed by atoms with Gasteiger partial charge in [0.2, 0.25) is 0 Å². The molecule has 2 heterocycles. The van der Waals surface area contributed by atoms with E-state index in [1.807, 2.05) is 24.0 Å². The molecule has 18 heavy (non-hydrogen) atoms. The fourth-order valence-electron chi connectivity index (χ4n) is 1.67. The van der Waals surface area contributed by atoms with Crippen LogP contribution in [0.15, 0.2) is 29.1 Å². The molecule has 0 aliphatic heterocycles. The maximum absolute atomic E-state index is 5.99. The Morgan fingerprint density at radius 2 is 2.28 bits per heavy atom. The van der Waals surface area contributed by atoms with Crippen LogP contribution in [0.5, 0.6) is 5.75 Å². The first kappa shape index (κ1) is 12.7. The number of hydrogen-bond donors (Lipinski definition) is 0. The van der Waals surface area contributed by atoms with Crippen molar-refractivity contribution >= 4 is 17.4 Å². The minimum absolute atomic E-state index is 0.306. The molecular formula is C12H14ClN3O2. The lowest BCUT2D eigenvalue weighted by Gasteiger charge is -2.22. The van der Waals surface area contributed by atoms with Crippen molar-refractivity contribution in [2.24, 2.45) is 0 Å². The summed E-state index contributed by atoms with van der Waals surface area (Å²) in [6.45, 7) is 3.38. The third-order valence-corrected chi connectivity index (χ3v) is 2.82. The molecular weight excluding hydrogens is 254 g/mol. The van der Waals surface area contributed by atoms with Crippen molar-refractivity contribution in [3.05, 3.63) is 35.6 Å². The van der Waals surface area contributed by atoms with Gasteiger partial charge in [0.15, 0.2) is 16.7 Å². The molecule has 0 amide bonds. The molecule has 0 radical (unpaired) electrons. The Bertz CT molecular complexity index is 502. The van der Waals surface area contributed by atoms with Gasteiger partial charge in [-0.3, -0.25) is 0 Å². The van der Waals surface area contributed by atoms with Crippen molar-refractivity contribution in [2.75, 3.05) is 18.6 Å². The lowest BCUT2D eigenvalue weighted by Crippen LogP contribution is -2.23. The van der Waals surface area contributed by atoms with Gasteiger partial charge in [-0.05, 0) is 19.1 Å². The summed E-state index contributed by atoms with van der Waals surface area (Å²) in [6.07, 6.45) is 3.07. The maximum Gasteiger partial charge on any atom is 0.199 e. The highest BCUT2D eigenvalue weighted by molar-refractivity contribution is 6.31. The van der Waals surface area contributed by atoms with Gasteiger partial charge in [0.25, 0.3) is 0 Å². The molecule has 0 aliphatic carbocycles. The van der Waals surface area contributed by atoms with Crippen molar-refractivity contribution < 1.29 is 9.15 Å². The van der Waals surface area contributed by atoms with Crippen LogP contribution in [0.3, 0.4) is 0 Å². The molecule has 0 atom stereocenters. The standard InChI is InChI=1S/C12H14ClN3O2/c1-3-16(7-9-5-4-6-18-9)12-10(17-2)11(13)14-8-15-12/h4-6,8H,3,7H2,1-2H3. The van der Waals surface area contributed by atoms with Gasteiger partial charge in [-0.2, -0.15) is 0 Å². The maximum atomic E-state index is 5.99. The van der Waals surface area contributed by atoms with E-state index in [4.69, 9.17) is 20.8 Å². The zero-order valence-electron chi connectivity index (χ0n) is 10.3. The van der Waals surface area contributed by atoms with E-state index in [2.05, 4.69) is 9.97 Å². The van der Waals surface area contributed by atoms with Crippen molar-refractivity contribution in [3.63, 3.8) is 0 Å². The molecule has 0 N–H and O–H groups in total. The lowest BCUT2D eigenvalue weighted by molar-refractivity contribution is 0.409. The Morgan fingerprint density at radius 3 is 2.89 bits per heavy atom. The highest BCUT2D eigenvalue weighted by Crippen LogP contribution is 2.32. The van der Waals surface area contributed by atoms with E-state index in [1.165, 1.54) is 6.33 Å². The SMILES string of the molecule is CCN(Cc1ccco1)c1ncnc(Cl)c1OC. The van der Waals surface area contributed by atoms with Crippen LogP contribution >= 0.6 is 11.6 Å². The summed E-state index contributed by atoms with van der Waals surface area (Å²) in [5.74, 6) is 2.00. The molecule has 96 valence electrons. The van der Waals surface area contributed by atoms with E-state index >= 15 is 0 Å². The largest absolute Gasteiger partial charge is 0.490 e. The Labute approximate surface area is 110 Å². The van der Waals surface area contributed by atoms with E-state index in [0.717, 1.165) is 12.3 Å². The van der Waals surface area contributed by atoms with Crippen LogP contribution in [0.1, 0.15) is 12.7 Å². The number of methoxy groups -OCH3 is 1. The van der Waals surface area contributed by atoms with Crippen LogP contribution in [0.2, 0.25) is 5.15 Å². The molecule has 6 heteroatoms. The molecule has 2 aromatic rings. The summed E-state index contributed by atoms with van der Waals surface area (Å²) in [6, 6.07) is 3.77. The first-order valence-corrected chi connectivity index (χ1v) is 5.95. The van der Waals surface area contributed by atoms with E-state index in [0.29, 0.717) is 23.3 Å². The Kier molecular flexibility index (Phi) is 4.04. The number of nitrogens with zero attached hydrogens (tertiary/aromatic N) is 3. The number of rotatable bonds is 5. The number of furan rings is 1. The molecule has 2 rings (SSSR count). The molecule has 0 bridgehead atoms. The highest BCUT2D eigenvalue weighted by atomic mass is 35.5. The third-order valence-electron chi connectivity index (χ3n) is 2.55. The van der Waals surface area contributed by atoms with Gasteiger partial charge in [-0.15, -0.1) is 0 Å². The summed E-state index contributed by atoms with van der Waals surface area (Å²) in [5, 5.41) is 0.306. The fraction of sp³-hybridized carbons (Fsp3) is 0.333. The van der Waals surface area contributed by atoms with Gasteiger partial charge in [0.1, 0.15) is 12.1 Å². The van der Waals surface area contributed by atoms with Crippen LogP contribution in [-0.4, -0.2) is 23.6 Å². The summed E-state index contributed by atoms with van der Waals surface area (Å²) in [5.41, 5.74) is 0. The molecule has 2 aromatic heterocycles. The Balaban J connectivity index is 2.30. The molecule has 0 aliphatic rings. The van der Waals surface area contributed by atoms with Crippen LogP contribution in [0.25, 0.3) is 0 Å². The predicted molar refractivity (Wildman–Crippen MR) is 69.0 cm³/mol. The second-order valence-corrected chi connectivity index (χ2v) is 3.97. The molecule has 0 fully saturated rings. The first-order chi connectivity index (χ1) is 8.76. The summed E-state index contributed by atoms with van der Waals surface area (Å²) in [4.78, 5) is 10.1. The second-order valence-electron chi connectivity index (χ2n) is 3.61. The summed E-state index contributed by atoms with van der Waals surface area (Å²) < 4.78 is 10.6. The summed E-state index contributed by atoms with van der Waals surface area (Å²) >= 11 is 5.99. The van der Waals surface area contributed by atoms with Crippen molar-refractivity contribution in [1.82, 2.24) is 9.97 Å². The first-order valence-electron chi connectivity index (χ1n) is 5.58. The zero-order valence-corrected chi connectivity index (χ0v) is 11.0. The minimum Gasteiger partial charge on any atom is -0.490 e. The zero-order chi connectivity index (χ0) is 13.0. The molecule has 5 nitrogen and oxygen atoms in total. The molecule has 0 saturated carbocycles. The van der Waals surface area contributed by atoms with Crippen LogP contribution in [0, 0.1) is 0 Å². The molecule has 0 saturated heterocycles. The third kappa shape index (κ3) is 2.56. The average molecular weight is 268 g/mol. The number of anilines is 1. The quantitative estimate of drug-likeness (QED) is 0.780. The second kappa shape index (κ2) is 5.73. The predicted octanol–water partition coefficient (Wildman–Crippen LogP) is 2.76. The number of hydrogen-bond acceptors (Lipinski definition) is 5. The van der Waals surface area contributed by atoms with Crippen LogP contribution in [-0.2, 0) is 6.54 Å². The topological polar surface area (TPSA) is 51.4 Å². The van der Waals surface area contributed by atoms with Gasteiger partial charge >= 0.3 is 0 Å². The Hall–Kier alpha value is -1.75. The number of ether oxygens (including phenoxy) is 1. The Morgan fingerprint density at radius 1 is 1.44 bits per heavy atom. The van der Waals surface area contributed by atoms with Crippen molar-refractivity contribution in [3.8, 4) is 5.75 Å². The number of aromatic nitrogens is 2. The highest BCUT2D eigenvalue weighted by Gasteiger charge is 2.17. The van der Waals surface area contributed by atoms with Gasteiger partial charge in [-0.1, -0.05) is 11.6 Å². The number of halogens is 1. The average Bonchev–Trinajstić information content (AvgIpc) is 2.88. The normalized spacial score (nSPS) is 10.4. The van der Waals surface area contributed by atoms with Gasteiger partial charge in [-0.25, -0.2) is 9.97 Å². The van der Waals surface area contributed by atoms with Crippen molar-refractivity contribution in [2.45, 2.75) is 13.5 Å². The van der Waals surface area contributed by atoms with E-state index in [9.17, 15) is 0 Å². The van der Waals surface area contributed by atoms with Crippen LogP contribution < -0.4 is 9.64 Å². The van der Waals surface area contributed by atoms with Gasteiger partial charge in [0, 0.05) is 6.54 Å². The van der Waals surface area contributed by atoms with Gasteiger partial charge in [0.05, 0.1) is 19.9 Å². The molecule has 0 unspecified atom stereocenters. The van der Waals surface area contributed by atoms with E-state index < -0.39 is 0 Å².